The minimum absolute atomic E-state index is 0.405. The van der Waals surface area contributed by atoms with E-state index < -0.39 is 18.2 Å². The molecule has 1 aliphatic rings. The molecule has 6 heteroatoms. The van der Waals surface area contributed by atoms with E-state index in [9.17, 15) is 9.59 Å². The van der Waals surface area contributed by atoms with E-state index in [0.29, 0.717) is 11.3 Å². The minimum atomic E-state index is -0.562. The van der Waals surface area contributed by atoms with E-state index in [0.717, 1.165) is 4.90 Å². The lowest BCUT2D eigenvalue weighted by atomic mass is 10.1. The van der Waals surface area contributed by atoms with Crippen LogP contribution in [0.1, 0.15) is 10.4 Å². The number of cyclic esters (lactones) is 1. The molecule has 1 heterocycles. The average Bonchev–Trinajstić information content (AvgIpc) is 2.83. The van der Waals surface area contributed by atoms with Crippen LogP contribution in [0.25, 0.3) is 0 Å². The molecule has 0 saturated heterocycles. The van der Waals surface area contributed by atoms with Gasteiger partial charge in [-0.3, -0.25) is 0 Å². The molecule has 2 rings (SSSR count). The Hall–Kier alpha value is -1.95. The molecule has 1 unspecified atom stereocenters. The molecule has 0 aromatic heterocycles. The Morgan fingerprint density at radius 1 is 1.47 bits per heavy atom. The lowest BCUT2D eigenvalue weighted by molar-refractivity contribution is -0.137. The van der Waals surface area contributed by atoms with Gasteiger partial charge < -0.3 is 14.8 Å². The third-order valence-electron chi connectivity index (χ3n) is 2.58. The smallest absolute Gasteiger partial charge is 0.341 e. The number of esters is 2. The molecule has 1 N–H and O–H groups in total. The maximum absolute atomic E-state index is 11.9. The lowest BCUT2D eigenvalue weighted by Crippen LogP contribution is -2.20. The summed E-state index contributed by atoms with van der Waals surface area (Å²) in [5, 5.41) is 2.99. The minimum Gasteiger partial charge on any atom is -0.465 e. The van der Waals surface area contributed by atoms with Crippen LogP contribution in [0.5, 0.6) is 0 Å². The summed E-state index contributed by atoms with van der Waals surface area (Å²) >= 11 is 1.45. The fourth-order valence-corrected chi connectivity index (χ4v) is 2.35. The standard InChI is InChI=1S/C13H13NO4S/c1-17-13(16)12-8(4-3-5-9(12)19-2)14-10-6-7-11(15)18-10/h3-7,10,14H,1-2H3. The van der Waals surface area contributed by atoms with Crippen LogP contribution in [0.3, 0.4) is 0 Å². The van der Waals surface area contributed by atoms with Gasteiger partial charge in [-0.2, -0.15) is 0 Å². The molecule has 0 amide bonds. The normalized spacial score (nSPS) is 17.2. The first-order valence-electron chi connectivity index (χ1n) is 5.56. The van der Waals surface area contributed by atoms with Gasteiger partial charge in [-0.1, -0.05) is 6.07 Å². The number of hydrogen-bond donors (Lipinski definition) is 1. The van der Waals surface area contributed by atoms with Gasteiger partial charge in [0.15, 0.2) is 6.23 Å². The van der Waals surface area contributed by atoms with Gasteiger partial charge >= 0.3 is 11.9 Å². The van der Waals surface area contributed by atoms with Crippen LogP contribution in [-0.4, -0.2) is 31.5 Å². The number of nitrogens with one attached hydrogen (secondary N) is 1. The topological polar surface area (TPSA) is 64.6 Å². The van der Waals surface area contributed by atoms with Crippen LogP contribution in [0.15, 0.2) is 35.2 Å². The molecule has 0 aliphatic carbocycles. The Bertz CT molecular complexity index is 541. The zero-order valence-electron chi connectivity index (χ0n) is 10.5. The number of hydrogen-bond acceptors (Lipinski definition) is 6. The number of carbonyl (C=O) groups is 2. The van der Waals surface area contributed by atoms with Crippen molar-refractivity contribution in [3.8, 4) is 0 Å². The van der Waals surface area contributed by atoms with Crippen molar-refractivity contribution in [2.24, 2.45) is 0 Å². The van der Waals surface area contributed by atoms with Crippen LogP contribution >= 0.6 is 11.8 Å². The molecule has 5 nitrogen and oxygen atoms in total. The second-order valence-corrected chi connectivity index (χ2v) is 4.58. The van der Waals surface area contributed by atoms with E-state index in [-0.39, 0.29) is 0 Å². The molecule has 1 atom stereocenters. The van der Waals surface area contributed by atoms with Crippen molar-refractivity contribution < 1.29 is 19.1 Å². The fraction of sp³-hybridized carbons (Fsp3) is 0.231. The van der Waals surface area contributed by atoms with Crippen molar-refractivity contribution in [3.05, 3.63) is 35.9 Å². The highest BCUT2D eigenvalue weighted by Crippen LogP contribution is 2.28. The molecule has 19 heavy (non-hydrogen) atoms. The van der Waals surface area contributed by atoms with E-state index >= 15 is 0 Å². The quantitative estimate of drug-likeness (QED) is 0.672. The zero-order valence-corrected chi connectivity index (χ0v) is 11.3. The summed E-state index contributed by atoms with van der Waals surface area (Å²) in [6.07, 6.45) is 4.25. The van der Waals surface area contributed by atoms with Crippen LogP contribution in [0.2, 0.25) is 0 Å². The molecular formula is C13H13NO4S. The van der Waals surface area contributed by atoms with Gasteiger partial charge in [0.1, 0.15) is 0 Å². The first-order chi connectivity index (χ1) is 9.15. The summed E-state index contributed by atoms with van der Waals surface area (Å²) in [5.41, 5.74) is 1.01. The van der Waals surface area contributed by atoms with Gasteiger partial charge in [0.2, 0.25) is 0 Å². The van der Waals surface area contributed by atoms with Crippen LogP contribution in [-0.2, 0) is 14.3 Å². The van der Waals surface area contributed by atoms with E-state index in [4.69, 9.17) is 9.47 Å². The largest absolute Gasteiger partial charge is 0.465 e. The monoisotopic (exact) mass is 279 g/mol. The first-order valence-corrected chi connectivity index (χ1v) is 6.79. The van der Waals surface area contributed by atoms with Gasteiger partial charge in [-0.25, -0.2) is 9.59 Å². The summed E-state index contributed by atoms with van der Waals surface area (Å²) in [5.74, 6) is -0.834. The maximum Gasteiger partial charge on any atom is 0.341 e. The van der Waals surface area contributed by atoms with Gasteiger partial charge in [0.05, 0.1) is 18.4 Å². The fourth-order valence-electron chi connectivity index (χ4n) is 1.73. The Morgan fingerprint density at radius 2 is 2.26 bits per heavy atom. The van der Waals surface area contributed by atoms with Gasteiger partial charge in [0.25, 0.3) is 0 Å². The molecule has 0 radical (unpaired) electrons. The lowest BCUT2D eigenvalue weighted by Gasteiger charge is -2.16. The average molecular weight is 279 g/mol. The molecule has 1 aromatic rings. The van der Waals surface area contributed by atoms with E-state index in [1.54, 1.807) is 12.1 Å². The Balaban J connectivity index is 2.31. The van der Waals surface area contributed by atoms with E-state index in [1.165, 1.54) is 24.9 Å². The van der Waals surface area contributed by atoms with Crippen LogP contribution < -0.4 is 5.32 Å². The van der Waals surface area contributed by atoms with Crippen molar-refractivity contribution in [2.45, 2.75) is 11.1 Å². The number of anilines is 1. The Morgan fingerprint density at radius 3 is 2.84 bits per heavy atom. The molecule has 0 saturated carbocycles. The van der Waals surface area contributed by atoms with Crippen molar-refractivity contribution in [3.63, 3.8) is 0 Å². The molecule has 0 fully saturated rings. The van der Waals surface area contributed by atoms with Crippen molar-refractivity contribution in [1.29, 1.82) is 0 Å². The molecule has 0 spiro atoms. The third kappa shape index (κ3) is 2.90. The summed E-state index contributed by atoms with van der Waals surface area (Å²) in [6, 6.07) is 5.39. The van der Waals surface area contributed by atoms with Crippen LogP contribution in [0, 0.1) is 0 Å². The molecule has 1 aromatic carbocycles. The molecular weight excluding hydrogens is 266 g/mol. The number of methoxy groups -OCH3 is 1. The SMILES string of the molecule is COC(=O)c1c(NC2C=CC(=O)O2)cccc1SC. The third-order valence-corrected chi connectivity index (χ3v) is 3.36. The number of thioether (sulfide) groups is 1. The summed E-state index contributed by atoms with van der Waals surface area (Å²) < 4.78 is 9.77. The van der Waals surface area contributed by atoms with Crippen molar-refractivity contribution in [2.75, 3.05) is 18.7 Å². The predicted molar refractivity (Wildman–Crippen MR) is 72.2 cm³/mol. The number of carbonyl (C=O) groups excluding carboxylic acids is 2. The predicted octanol–water partition coefficient (Wildman–Crippen LogP) is 2.05. The summed E-state index contributed by atoms with van der Waals surface area (Å²) in [6.45, 7) is 0. The second-order valence-electron chi connectivity index (χ2n) is 3.74. The highest BCUT2D eigenvalue weighted by molar-refractivity contribution is 7.98. The second kappa shape index (κ2) is 5.79. The summed E-state index contributed by atoms with van der Waals surface area (Å²) in [7, 11) is 1.33. The number of benzene rings is 1. The van der Waals surface area contributed by atoms with Gasteiger partial charge in [-0.15, -0.1) is 11.8 Å². The zero-order chi connectivity index (χ0) is 13.8. The molecule has 1 aliphatic heterocycles. The Labute approximate surface area is 115 Å². The number of ether oxygens (including phenoxy) is 2. The molecule has 100 valence electrons. The maximum atomic E-state index is 11.9. The summed E-state index contributed by atoms with van der Waals surface area (Å²) in [4.78, 5) is 23.6. The van der Waals surface area contributed by atoms with Crippen molar-refractivity contribution in [1.82, 2.24) is 0 Å². The van der Waals surface area contributed by atoms with Crippen molar-refractivity contribution >= 4 is 29.4 Å². The van der Waals surface area contributed by atoms with Gasteiger partial charge in [0, 0.05) is 11.0 Å². The highest BCUT2D eigenvalue weighted by Gasteiger charge is 2.21. The number of rotatable bonds is 4. The Kier molecular flexibility index (Phi) is 4.11. The van der Waals surface area contributed by atoms with E-state index in [2.05, 4.69) is 5.32 Å². The molecule has 0 bridgehead atoms. The first kappa shape index (κ1) is 13.5. The van der Waals surface area contributed by atoms with E-state index in [1.807, 2.05) is 18.4 Å². The highest BCUT2D eigenvalue weighted by atomic mass is 32.2. The van der Waals surface area contributed by atoms with Gasteiger partial charge in [-0.05, 0) is 24.5 Å². The van der Waals surface area contributed by atoms with Crippen LogP contribution in [0.4, 0.5) is 5.69 Å².